The van der Waals surface area contributed by atoms with Gasteiger partial charge in [-0.2, -0.15) is 0 Å². The van der Waals surface area contributed by atoms with Crippen molar-refractivity contribution in [2.45, 2.75) is 18.6 Å². The highest BCUT2D eigenvalue weighted by molar-refractivity contribution is 8.15. The van der Waals surface area contributed by atoms with E-state index in [-0.39, 0.29) is 4.75 Å². The van der Waals surface area contributed by atoms with Crippen molar-refractivity contribution in [3.8, 4) is 0 Å². The molecule has 1 aliphatic rings. The largest absolute Gasteiger partial charge is 0.320 e. The Bertz CT molecular complexity index is 346. The van der Waals surface area contributed by atoms with Crippen LogP contribution in [-0.4, -0.2) is 21.4 Å². The van der Waals surface area contributed by atoms with E-state index in [9.17, 15) is 0 Å². The molecule has 0 aromatic carbocycles. The molecule has 0 aliphatic carbocycles. The van der Waals surface area contributed by atoms with Crippen molar-refractivity contribution >= 4 is 22.7 Å². The monoisotopic (exact) mass is 207 g/mol. The first-order valence-electron chi connectivity index (χ1n) is 4.57. The lowest BCUT2D eigenvalue weighted by atomic mass is 10.2. The number of aromatic nitrogens is 1. The first-order valence-corrected chi connectivity index (χ1v) is 5.39. The molecule has 0 unspecified atom stereocenters. The van der Waals surface area contributed by atoms with Crippen LogP contribution in [0.3, 0.4) is 0 Å². The van der Waals surface area contributed by atoms with Gasteiger partial charge in [-0.05, 0) is 26.0 Å². The summed E-state index contributed by atoms with van der Waals surface area (Å²) in [6.45, 7) is 5.25. The van der Waals surface area contributed by atoms with Crippen LogP contribution in [0.15, 0.2) is 29.4 Å². The number of anilines is 1. The molecule has 2 heterocycles. The van der Waals surface area contributed by atoms with E-state index >= 15 is 0 Å². The van der Waals surface area contributed by atoms with Gasteiger partial charge in [0, 0.05) is 10.9 Å². The van der Waals surface area contributed by atoms with Gasteiger partial charge in [0.1, 0.15) is 5.82 Å². The van der Waals surface area contributed by atoms with Gasteiger partial charge in [-0.3, -0.25) is 4.99 Å². The van der Waals surface area contributed by atoms with Crippen LogP contribution < -0.4 is 5.32 Å². The molecule has 0 radical (unpaired) electrons. The van der Waals surface area contributed by atoms with E-state index in [4.69, 9.17) is 0 Å². The summed E-state index contributed by atoms with van der Waals surface area (Å²) in [5.74, 6) is 0.858. The standard InChI is InChI=1S/C10H13N3S/c1-10(2)7-12-9(14-10)13-8-5-3-4-6-11-8/h3-6H,7H2,1-2H3,(H,11,12,13). The normalized spacial score (nSPS) is 19.1. The molecule has 0 bridgehead atoms. The van der Waals surface area contributed by atoms with Gasteiger partial charge in [0.2, 0.25) is 0 Å². The third kappa shape index (κ3) is 2.26. The van der Waals surface area contributed by atoms with Gasteiger partial charge in [0.25, 0.3) is 0 Å². The summed E-state index contributed by atoms with van der Waals surface area (Å²) in [7, 11) is 0. The lowest BCUT2D eigenvalue weighted by Gasteiger charge is -2.13. The Morgan fingerprint density at radius 3 is 2.86 bits per heavy atom. The molecule has 0 fully saturated rings. The Kier molecular flexibility index (Phi) is 2.46. The van der Waals surface area contributed by atoms with Gasteiger partial charge >= 0.3 is 0 Å². The summed E-state index contributed by atoms with van der Waals surface area (Å²) in [6.07, 6.45) is 1.77. The SMILES string of the molecule is CC1(C)CN=C(Nc2ccccn2)S1. The molecule has 1 aromatic rings. The minimum absolute atomic E-state index is 0.219. The van der Waals surface area contributed by atoms with Crippen molar-refractivity contribution < 1.29 is 0 Å². The third-order valence-electron chi connectivity index (χ3n) is 1.88. The zero-order valence-electron chi connectivity index (χ0n) is 8.32. The molecule has 1 aromatic heterocycles. The number of amidine groups is 1. The number of aliphatic imine (C=N–C) groups is 1. The second kappa shape index (κ2) is 3.61. The lowest BCUT2D eigenvalue weighted by Crippen LogP contribution is -2.16. The fraction of sp³-hybridized carbons (Fsp3) is 0.400. The first-order chi connectivity index (χ1) is 6.66. The van der Waals surface area contributed by atoms with Crippen molar-refractivity contribution in [1.29, 1.82) is 0 Å². The van der Waals surface area contributed by atoms with Crippen LogP contribution in [0.5, 0.6) is 0 Å². The third-order valence-corrected chi connectivity index (χ3v) is 2.98. The molecule has 74 valence electrons. The van der Waals surface area contributed by atoms with Gasteiger partial charge in [0.05, 0.1) is 6.54 Å². The van der Waals surface area contributed by atoms with Crippen LogP contribution in [0.25, 0.3) is 0 Å². The minimum atomic E-state index is 0.219. The van der Waals surface area contributed by atoms with Crippen molar-refractivity contribution in [2.24, 2.45) is 4.99 Å². The lowest BCUT2D eigenvalue weighted by molar-refractivity contribution is 0.741. The summed E-state index contributed by atoms with van der Waals surface area (Å²) in [5, 5.41) is 4.16. The van der Waals surface area contributed by atoms with Gasteiger partial charge in [0.15, 0.2) is 5.17 Å². The zero-order valence-corrected chi connectivity index (χ0v) is 9.14. The zero-order chi connectivity index (χ0) is 10.0. The minimum Gasteiger partial charge on any atom is -0.320 e. The van der Waals surface area contributed by atoms with Crippen LogP contribution in [0.4, 0.5) is 5.82 Å². The van der Waals surface area contributed by atoms with Gasteiger partial charge in [-0.1, -0.05) is 17.8 Å². The van der Waals surface area contributed by atoms with E-state index in [1.54, 1.807) is 18.0 Å². The van der Waals surface area contributed by atoms with Crippen molar-refractivity contribution in [1.82, 2.24) is 4.98 Å². The molecule has 0 amide bonds. The quantitative estimate of drug-likeness (QED) is 0.768. The Morgan fingerprint density at radius 2 is 2.29 bits per heavy atom. The first kappa shape index (κ1) is 9.52. The van der Waals surface area contributed by atoms with Crippen LogP contribution in [0.2, 0.25) is 0 Å². The molecule has 0 atom stereocenters. The molecule has 1 N–H and O–H groups in total. The van der Waals surface area contributed by atoms with Gasteiger partial charge in [-0.15, -0.1) is 0 Å². The Hall–Kier alpha value is -1.03. The molecule has 0 saturated heterocycles. The van der Waals surface area contributed by atoms with E-state index in [2.05, 4.69) is 29.1 Å². The maximum Gasteiger partial charge on any atom is 0.162 e. The predicted molar refractivity (Wildman–Crippen MR) is 61.8 cm³/mol. The van der Waals surface area contributed by atoms with Crippen LogP contribution in [-0.2, 0) is 0 Å². The number of pyridine rings is 1. The van der Waals surface area contributed by atoms with Crippen molar-refractivity contribution in [3.63, 3.8) is 0 Å². The molecular formula is C10H13N3S. The van der Waals surface area contributed by atoms with E-state index < -0.39 is 0 Å². The van der Waals surface area contributed by atoms with Crippen LogP contribution in [0.1, 0.15) is 13.8 Å². The van der Waals surface area contributed by atoms with Crippen LogP contribution in [0, 0.1) is 0 Å². The number of hydrogen-bond donors (Lipinski definition) is 1. The number of hydrogen-bond acceptors (Lipinski definition) is 4. The van der Waals surface area contributed by atoms with Gasteiger partial charge < -0.3 is 5.32 Å². The number of nitrogens with one attached hydrogen (secondary N) is 1. The van der Waals surface area contributed by atoms with E-state index in [0.717, 1.165) is 17.5 Å². The van der Waals surface area contributed by atoms with Gasteiger partial charge in [-0.25, -0.2) is 4.98 Å². The predicted octanol–water partition coefficient (Wildman–Crippen LogP) is 2.37. The smallest absolute Gasteiger partial charge is 0.162 e. The molecule has 4 heteroatoms. The summed E-state index contributed by atoms with van der Waals surface area (Å²) >= 11 is 1.76. The molecular weight excluding hydrogens is 194 g/mol. The van der Waals surface area contributed by atoms with Crippen molar-refractivity contribution in [3.05, 3.63) is 24.4 Å². The Balaban J connectivity index is 2.01. The Morgan fingerprint density at radius 1 is 1.43 bits per heavy atom. The maximum atomic E-state index is 4.41. The number of thioether (sulfide) groups is 1. The highest BCUT2D eigenvalue weighted by Gasteiger charge is 2.27. The number of nitrogens with zero attached hydrogens (tertiary/aromatic N) is 2. The molecule has 0 spiro atoms. The second-order valence-corrected chi connectivity index (χ2v) is 5.52. The summed E-state index contributed by atoms with van der Waals surface area (Å²) < 4.78 is 0.219. The van der Waals surface area contributed by atoms with E-state index in [0.29, 0.717) is 0 Å². The maximum absolute atomic E-state index is 4.41. The molecule has 1 aliphatic heterocycles. The van der Waals surface area contributed by atoms with Crippen molar-refractivity contribution in [2.75, 3.05) is 11.9 Å². The fourth-order valence-electron chi connectivity index (χ4n) is 1.20. The molecule has 14 heavy (non-hydrogen) atoms. The van der Waals surface area contributed by atoms with Crippen LogP contribution >= 0.6 is 11.8 Å². The summed E-state index contributed by atoms with van der Waals surface area (Å²) in [4.78, 5) is 8.60. The molecule has 3 nitrogen and oxygen atoms in total. The average Bonchev–Trinajstić information content (AvgIpc) is 2.47. The summed E-state index contributed by atoms with van der Waals surface area (Å²) in [5.41, 5.74) is 0. The fourth-order valence-corrected chi connectivity index (χ4v) is 2.14. The highest BCUT2D eigenvalue weighted by Crippen LogP contribution is 2.31. The molecule has 2 rings (SSSR count). The number of rotatable bonds is 1. The topological polar surface area (TPSA) is 37.3 Å². The summed E-state index contributed by atoms with van der Waals surface area (Å²) in [6, 6.07) is 5.80. The Labute approximate surface area is 88.0 Å². The molecule has 0 saturated carbocycles. The van der Waals surface area contributed by atoms with E-state index in [1.165, 1.54) is 0 Å². The highest BCUT2D eigenvalue weighted by atomic mass is 32.2. The average molecular weight is 207 g/mol. The van der Waals surface area contributed by atoms with E-state index in [1.807, 2.05) is 18.2 Å². The second-order valence-electron chi connectivity index (χ2n) is 3.82.